The van der Waals surface area contributed by atoms with Gasteiger partial charge in [-0.15, -0.1) is 11.8 Å². The van der Waals surface area contributed by atoms with Crippen LogP contribution in [0.5, 0.6) is 0 Å². The third-order valence-corrected chi connectivity index (χ3v) is 3.15. The van der Waals surface area contributed by atoms with E-state index in [4.69, 9.17) is 5.73 Å². The van der Waals surface area contributed by atoms with E-state index in [0.29, 0.717) is 0 Å². The van der Waals surface area contributed by atoms with Gasteiger partial charge in [0.2, 0.25) is 0 Å². The molecule has 0 spiro atoms. The Balaban J connectivity index is 2.87. The van der Waals surface area contributed by atoms with E-state index < -0.39 is 0 Å². The first kappa shape index (κ1) is 11.6. The Hall–Kier alpha value is -0.470. The predicted molar refractivity (Wildman–Crippen MR) is 64.6 cm³/mol. The Bertz CT molecular complexity index is 284. The molecule has 0 aliphatic rings. The zero-order valence-electron chi connectivity index (χ0n) is 9.37. The van der Waals surface area contributed by atoms with Crippen LogP contribution in [-0.2, 0) is 0 Å². The van der Waals surface area contributed by atoms with Gasteiger partial charge in [-0.1, -0.05) is 32.9 Å². The fourth-order valence-corrected chi connectivity index (χ4v) is 1.72. The van der Waals surface area contributed by atoms with E-state index in [9.17, 15) is 0 Å². The van der Waals surface area contributed by atoms with Crippen molar-refractivity contribution in [1.82, 2.24) is 0 Å². The minimum Gasteiger partial charge on any atom is -0.324 e. The van der Waals surface area contributed by atoms with E-state index in [1.165, 1.54) is 10.5 Å². The van der Waals surface area contributed by atoms with E-state index in [1.54, 1.807) is 11.8 Å². The molecule has 1 nitrogen and oxygen atoms in total. The van der Waals surface area contributed by atoms with Crippen LogP contribution in [-0.4, -0.2) is 6.26 Å². The van der Waals surface area contributed by atoms with Gasteiger partial charge in [0.05, 0.1) is 0 Å². The molecule has 0 aliphatic carbocycles. The smallest absolute Gasteiger partial charge is 0.0344 e. The van der Waals surface area contributed by atoms with Crippen molar-refractivity contribution in [1.29, 1.82) is 0 Å². The molecule has 14 heavy (non-hydrogen) atoms. The lowest BCUT2D eigenvalue weighted by Crippen LogP contribution is -2.26. The maximum absolute atomic E-state index is 6.16. The monoisotopic (exact) mass is 209 g/mol. The average Bonchev–Trinajstić information content (AvgIpc) is 2.15. The number of nitrogens with two attached hydrogens (primary N) is 1. The maximum atomic E-state index is 6.16. The fraction of sp³-hybridized carbons (Fsp3) is 0.500. The second-order valence-electron chi connectivity index (χ2n) is 4.62. The van der Waals surface area contributed by atoms with Gasteiger partial charge in [-0.3, -0.25) is 0 Å². The van der Waals surface area contributed by atoms with Gasteiger partial charge >= 0.3 is 0 Å². The normalized spacial score (nSPS) is 14.1. The summed E-state index contributed by atoms with van der Waals surface area (Å²) in [6.07, 6.45) is 2.08. The Labute approximate surface area is 91.1 Å². The van der Waals surface area contributed by atoms with Gasteiger partial charge < -0.3 is 5.73 Å². The van der Waals surface area contributed by atoms with Crippen LogP contribution in [0.3, 0.4) is 0 Å². The Morgan fingerprint density at radius 2 is 1.64 bits per heavy atom. The molecule has 1 aromatic rings. The molecule has 2 N–H and O–H groups in total. The summed E-state index contributed by atoms with van der Waals surface area (Å²) in [4.78, 5) is 1.29. The SMILES string of the molecule is CSc1ccc([C@H](N)C(C)(C)C)cc1. The van der Waals surface area contributed by atoms with Crippen LogP contribution >= 0.6 is 11.8 Å². The van der Waals surface area contributed by atoms with Crippen molar-refractivity contribution in [2.45, 2.75) is 31.7 Å². The number of rotatable bonds is 2. The number of hydrogen-bond donors (Lipinski definition) is 1. The molecule has 0 saturated heterocycles. The van der Waals surface area contributed by atoms with Crippen LogP contribution in [0, 0.1) is 5.41 Å². The van der Waals surface area contributed by atoms with E-state index in [-0.39, 0.29) is 11.5 Å². The molecule has 2 heteroatoms. The van der Waals surface area contributed by atoms with Crippen LogP contribution in [0.1, 0.15) is 32.4 Å². The zero-order valence-corrected chi connectivity index (χ0v) is 10.2. The van der Waals surface area contributed by atoms with Crippen molar-refractivity contribution < 1.29 is 0 Å². The summed E-state index contributed by atoms with van der Waals surface area (Å²) in [6, 6.07) is 8.62. The standard InChI is InChI=1S/C12H19NS/c1-12(2,3)11(13)9-5-7-10(14-4)8-6-9/h5-8,11H,13H2,1-4H3/t11-/m0/s1. The van der Waals surface area contributed by atoms with E-state index in [2.05, 4.69) is 51.3 Å². The summed E-state index contributed by atoms with van der Waals surface area (Å²) >= 11 is 1.76. The van der Waals surface area contributed by atoms with E-state index in [0.717, 1.165) is 0 Å². The number of benzene rings is 1. The van der Waals surface area contributed by atoms with Crippen LogP contribution in [0.4, 0.5) is 0 Å². The first-order chi connectivity index (χ1) is 6.45. The predicted octanol–water partition coefficient (Wildman–Crippen LogP) is 3.45. The molecule has 1 rings (SSSR count). The minimum absolute atomic E-state index is 0.110. The molecule has 0 amide bonds. The highest BCUT2D eigenvalue weighted by atomic mass is 32.2. The largest absolute Gasteiger partial charge is 0.324 e. The number of hydrogen-bond acceptors (Lipinski definition) is 2. The van der Waals surface area contributed by atoms with Gasteiger partial charge in [-0.2, -0.15) is 0 Å². The van der Waals surface area contributed by atoms with Gasteiger partial charge in [0.1, 0.15) is 0 Å². The summed E-state index contributed by atoms with van der Waals surface area (Å²) in [5, 5.41) is 0. The van der Waals surface area contributed by atoms with Crippen LogP contribution < -0.4 is 5.73 Å². The lowest BCUT2D eigenvalue weighted by molar-refractivity contribution is 0.327. The minimum atomic E-state index is 0.110. The number of thioether (sulfide) groups is 1. The molecule has 1 aromatic carbocycles. The van der Waals surface area contributed by atoms with Crippen molar-refractivity contribution in [2.24, 2.45) is 11.1 Å². The zero-order chi connectivity index (χ0) is 10.8. The van der Waals surface area contributed by atoms with Gasteiger partial charge in [0.25, 0.3) is 0 Å². The fourth-order valence-electron chi connectivity index (χ4n) is 1.31. The maximum Gasteiger partial charge on any atom is 0.0344 e. The second-order valence-corrected chi connectivity index (χ2v) is 5.50. The third-order valence-electron chi connectivity index (χ3n) is 2.41. The molecule has 0 aromatic heterocycles. The summed E-state index contributed by atoms with van der Waals surface area (Å²) in [6.45, 7) is 6.50. The van der Waals surface area contributed by atoms with Crippen LogP contribution in [0.2, 0.25) is 0 Å². The van der Waals surface area contributed by atoms with Crippen molar-refractivity contribution in [2.75, 3.05) is 6.26 Å². The highest BCUT2D eigenvalue weighted by Crippen LogP contribution is 2.30. The van der Waals surface area contributed by atoms with Crippen molar-refractivity contribution in [3.05, 3.63) is 29.8 Å². The van der Waals surface area contributed by atoms with Crippen LogP contribution in [0.15, 0.2) is 29.2 Å². The van der Waals surface area contributed by atoms with Gasteiger partial charge in [0.15, 0.2) is 0 Å². The lowest BCUT2D eigenvalue weighted by Gasteiger charge is -2.27. The molecular weight excluding hydrogens is 190 g/mol. The Kier molecular flexibility index (Phi) is 3.62. The molecule has 0 bridgehead atoms. The third kappa shape index (κ3) is 2.76. The summed E-state index contributed by atoms with van der Waals surface area (Å²) < 4.78 is 0. The molecule has 0 unspecified atom stereocenters. The molecule has 0 saturated carbocycles. The molecular formula is C12H19NS. The van der Waals surface area contributed by atoms with Crippen molar-refractivity contribution >= 4 is 11.8 Å². The molecule has 0 radical (unpaired) electrons. The molecule has 1 atom stereocenters. The average molecular weight is 209 g/mol. The lowest BCUT2D eigenvalue weighted by atomic mass is 9.83. The molecule has 0 aliphatic heterocycles. The van der Waals surface area contributed by atoms with Gasteiger partial charge in [-0.25, -0.2) is 0 Å². The highest BCUT2D eigenvalue weighted by molar-refractivity contribution is 7.98. The summed E-state index contributed by atoms with van der Waals surface area (Å²) in [5.41, 5.74) is 7.50. The highest BCUT2D eigenvalue weighted by Gasteiger charge is 2.21. The molecule has 0 heterocycles. The second kappa shape index (κ2) is 4.37. The quantitative estimate of drug-likeness (QED) is 0.755. The molecule has 78 valence electrons. The summed E-state index contributed by atoms with van der Waals surface area (Å²) in [5.74, 6) is 0. The van der Waals surface area contributed by atoms with Crippen LogP contribution in [0.25, 0.3) is 0 Å². The first-order valence-electron chi connectivity index (χ1n) is 4.84. The van der Waals surface area contributed by atoms with Gasteiger partial charge in [-0.05, 0) is 29.4 Å². The van der Waals surface area contributed by atoms with E-state index in [1.807, 2.05) is 0 Å². The van der Waals surface area contributed by atoms with Crippen molar-refractivity contribution in [3.63, 3.8) is 0 Å². The topological polar surface area (TPSA) is 26.0 Å². The van der Waals surface area contributed by atoms with Gasteiger partial charge in [0, 0.05) is 10.9 Å². The molecule has 0 fully saturated rings. The Morgan fingerprint density at radius 1 is 1.14 bits per heavy atom. The van der Waals surface area contributed by atoms with E-state index >= 15 is 0 Å². The van der Waals surface area contributed by atoms with Crippen molar-refractivity contribution in [3.8, 4) is 0 Å². The summed E-state index contributed by atoms with van der Waals surface area (Å²) in [7, 11) is 0. The first-order valence-corrected chi connectivity index (χ1v) is 6.07. The Morgan fingerprint density at radius 3 is 2.00 bits per heavy atom.